The molecule has 1 saturated heterocycles. The van der Waals surface area contributed by atoms with Gasteiger partial charge >= 0.3 is 0 Å². The third-order valence-electron chi connectivity index (χ3n) is 4.46. The summed E-state index contributed by atoms with van der Waals surface area (Å²) >= 11 is 0. The van der Waals surface area contributed by atoms with Crippen molar-refractivity contribution in [1.29, 1.82) is 0 Å². The number of amides is 1. The molecule has 2 aromatic rings. The van der Waals surface area contributed by atoms with Crippen molar-refractivity contribution < 1.29 is 14.3 Å². The van der Waals surface area contributed by atoms with Crippen molar-refractivity contribution in [3.05, 3.63) is 54.1 Å². The Morgan fingerprint density at radius 2 is 1.65 bits per heavy atom. The van der Waals surface area contributed by atoms with Gasteiger partial charge in [0.2, 0.25) is 0 Å². The molecule has 1 amide bonds. The molecular weight excluding hydrogens is 328 g/mol. The van der Waals surface area contributed by atoms with Gasteiger partial charge in [0.1, 0.15) is 0 Å². The Hall–Kier alpha value is -2.69. The Morgan fingerprint density at radius 3 is 2.27 bits per heavy atom. The van der Waals surface area contributed by atoms with Crippen molar-refractivity contribution in [1.82, 2.24) is 4.90 Å². The van der Waals surface area contributed by atoms with E-state index in [0.717, 1.165) is 13.1 Å². The number of benzene rings is 2. The molecule has 1 fully saturated rings. The molecule has 0 N–H and O–H groups in total. The minimum atomic E-state index is 0.0344. The lowest BCUT2D eigenvalue weighted by molar-refractivity contribution is 0.0746. The first-order valence-corrected chi connectivity index (χ1v) is 9.02. The number of para-hydroxylation sites is 1. The molecule has 0 unspecified atom stereocenters. The van der Waals surface area contributed by atoms with Gasteiger partial charge in [0.15, 0.2) is 11.5 Å². The number of hydrogen-bond acceptors (Lipinski definition) is 4. The molecule has 2 aromatic carbocycles. The maximum Gasteiger partial charge on any atom is 0.254 e. The van der Waals surface area contributed by atoms with Crippen LogP contribution >= 0.6 is 0 Å². The Labute approximate surface area is 155 Å². The van der Waals surface area contributed by atoms with Crippen LogP contribution < -0.4 is 14.4 Å². The maximum absolute atomic E-state index is 12.9. The fourth-order valence-corrected chi connectivity index (χ4v) is 3.14. The van der Waals surface area contributed by atoms with Crippen LogP contribution in [0.5, 0.6) is 11.5 Å². The number of anilines is 1. The molecule has 0 aromatic heterocycles. The Morgan fingerprint density at radius 1 is 0.962 bits per heavy atom. The summed E-state index contributed by atoms with van der Waals surface area (Å²) in [5.41, 5.74) is 1.84. The van der Waals surface area contributed by atoms with Crippen LogP contribution in [0.25, 0.3) is 0 Å². The number of methoxy groups -OCH3 is 1. The van der Waals surface area contributed by atoms with Gasteiger partial charge in [-0.25, -0.2) is 0 Å². The zero-order valence-corrected chi connectivity index (χ0v) is 15.6. The second-order valence-electron chi connectivity index (χ2n) is 6.65. The summed E-state index contributed by atoms with van der Waals surface area (Å²) in [6.07, 6.45) is 0.0523. The van der Waals surface area contributed by atoms with Crippen LogP contribution in [0.15, 0.2) is 48.5 Å². The van der Waals surface area contributed by atoms with E-state index in [1.165, 1.54) is 5.69 Å². The molecule has 0 saturated carbocycles. The van der Waals surface area contributed by atoms with E-state index >= 15 is 0 Å². The Bertz CT molecular complexity index is 738. The minimum absolute atomic E-state index is 0.0344. The summed E-state index contributed by atoms with van der Waals surface area (Å²) in [7, 11) is 1.59. The molecule has 1 aliphatic rings. The van der Waals surface area contributed by atoms with E-state index in [4.69, 9.17) is 9.47 Å². The lowest BCUT2D eigenvalue weighted by Crippen LogP contribution is -2.48. The van der Waals surface area contributed by atoms with Gasteiger partial charge in [-0.15, -0.1) is 0 Å². The largest absolute Gasteiger partial charge is 0.493 e. The van der Waals surface area contributed by atoms with Crippen LogP contribution in [0.4, 0.5) is 5.69 Å². The van der Waals surface area contributed by atoms with E-state index in [1.807, 2.05) is 49.1 Å². The third kappa shape index (κ3) is 4.10. The van der Waals surface area contributed by atoms with E-state index < -0.39 is 0 Å². The molecule has 5 heteroatoms. The van der Waals surface area contributed by atoms with E-state index in [2.05, 4.69) is 17.0 Å². The second kappa shape index (κ2) is 8.13. The molecule has 3 rings (SSSR count). The lowest BCUT2D eigenvalue weighted by atomic mass is 10.1. The average molecular weight is 354 g/mol. The van der Waals surface area contributed by atoms with E-state index in [1.54, 1.807) is 13.2 Å². The van der Waals surface area contributed by atoms with Crippen molar-refractivity contribution in [2.45, 2.75) is 20.0 Å². The van der Waals surface area contributed by atoms with Gasteiger partial charge in [-0.2, -0.15) is 0 Å². The van der Waals surface area contributed by atoms with Crippen molar-refractivity contribution in [3.8, 4) is 11.5 Å². The van der Waals surface area contributed by atoms with Crippen LogP contribution in [0.3, 0.4) is 0 Å². The van der Waals surface area contributed by atoms with E-state index in [0.29, 0.717) is 30.2 Å². The summed E-state index contributed by atoms with van der Waals surface area (Å²) in [5.74, 6) is 1.28. The van der Waals surface area contributed by atoms with E-state index in [-0.39, 0.29) is 12.0 Å². The highest BCUT2D eigenvalue weighted by Crippen LogP contribution is 2.29. The fraction of sp³-hybridized carbons (Fsp3) is 0.381. The topological polar surface area (TPSA) is 42.0 Å². The quantitative estimate of drug-likeness (QED) is 0.825. The minimum Gasteiger partial charge on any atom is -0.493 e. The van der Waals surface area contributed by atoms with Crippen LogP contribution in [0.2, 0.25) is 0 Å². The first kappa shape index (κ1) is 18.1. The van der Waals surface area contributed by atoms with Gasteiger partial charge in [0.25, 0.3) is 5.91 Å². The SMILES string of the molecule is COc1cc(C(=O)N2CCN(c3ccccc3)CC2)ccc1OC(C)C. The lowest BCUT2D eigenvalue weighted by Gasteiger charge is -2.36. The first-order valence-electron chi connectivity index (χ1n) is 9.02. The average Bonchev–Trinajstić information content (AvgIpc) is 2.68. The van der Waals surface area contributed by atoms with Gasteiger partial charge in [-0.3, -0.25) is 4.79 Å². The highest BCUT2D eigenvalue weighted by Gasteiger charge is 2.23. The monoisotopic (exact) mass is 354 g/mol. The highest BCUT2D eigenvalue weighted by molar-refractivity contribution is 5.95. The summed E-state index contributed by atoms with van der Waals surface area (Å²) in [4.78, 5) is 17.1. The highest BCUT2D eigenvalue weighted by atomic mass is 16.5. The van der Waals surface area contributed by atoms with Gasteiger partial charge in [-0.05, 0) is 44.2 Å². The smallest absolute Gasteiger partial charge is 0.254 e. The van der Waals surface area contributed by atoms with Crippen molar-refractivity contribution in [2.75, 3.05) is 38.2 Å². The van der Waals surface area contributed by atoms with Crippen LogP contribution in [-0.2, 0) is 0 Å². The molecule has 1 aliphatic heterocycles. The molecule has 1 heterocycles. The van der Waals surface area contributed by atoms with Crippen LogP contribution in [0, 0.1) is 0 Å². The molecule has 138 valence electrons. The first-order chi connectivity index (χ1) is 12.6. The molecule has 0 atom stereocenters. The van der Waals surface area contributed by atoms with Crippen LogP contribution in [0.1, 0.15) is 24.2 Å². The zero-order valence-electron chi connectivity index (χ0n) is 15.6. The van der Waals surface area contributed by atoms with Crippen LogP contribution in [-0.4, -0.2) is 50.2 Å². The summed E-state index contributed by atoms with van der Waals surface area (Å²) in [5, 5.41) is 0. The van der Waals surface area contributed by atoms with E-state index in [9.17, 15) is 4.79 Å². The molecule has 26 heavy (non-hydrogen) atoms. The molecule has 0 aliphatic carbocycles. The number of carbonyl (C=O) groups is 1. The fourth-order valence-electron chi connectivity index (χ4n) is 3.14. The molecular formula is C21H26N2O3. The number of rotatable bonds is 5. The normalized spacial score (nSPS) is 14.5. The number of nitrogens with zero attached hydrogens (tertiary/aromatic N) is 2. The van der Waals surface area contributed by atoms with Gasteiger partial charge in [-0.1, -0.05) is 18.2 Å². The zero-order chi connectivity index (χ0) is 18.5. The molecule has 5 nitrogen and oxygen atoms in total. The van der Waals surface area contributed by atoms with Gasteiger partial charge in [0.05, 0.1) is 13.2 Å². The predicted molar refractivity (Wildman–Crippen MR) is 103 cm³/mol. The van der Waals surface area contributed by atoms with Gasteiger partial charge in [0, 0.05) is 37.4 Å². The second-order valence-corrected chi connectivity index (χ2v) is 6.65. The van der Waals surface area contributed by atoms with Gasteiger partial charge < -0.3 is 19.3 Å². The maximum atomic E-state index is 12.9. The number of ether oxygens (including phenoxy) is 2. The van der Waals surface area contributed by atoms with Crippen molar-refractivity contribution >= 4 is 11.6 Å². The summed E-state index contributed by atoms with van der Waals surface area (Å²) < 4.78 is 11.1. The number of piperazine rings is 1. The standard InChI is InChI=1S/C21H26N2O3/c1-16(2)26-19-10-9-17(15-20(19)25-3)21(24)23-13-11-22(12-14-23)18-7-5-4-6-8-18/h4-10,15-16H,11-14H2,1-3H3. The predicted octanol–water partition coefficient (Wildman–Crippen LogP) is 3.44. The number of hydrogen-bond donors (Lipinski definition) is 0. The molecule has 0 bridgehead atoms. The molecule has 0 spiro atoms. The van der Waals surface area contributed by atoms with Crippen molar-refractivity contribution in [3.63, 3.8) is 0 Å². The number of carbonyl (C=O) groups excluding carboxylic acids is 1. The Balaban J connectivity index is 1.66. The Kier molecular flexibility index (Phi) is 5.66. The molecule has 0 radical (unpaired) electrons. The third-order valence-corrected chi connectivity index (χ3v) is 4.46. The summed E-state index contributed by atoms with van der Waals surface area (Å²) in [6.45, 7) is 7.01. The summed E-state index contributed by atoms with van der Waals surface area (Å²) in [6, 6.07) is 15.7. The van der Waals surface area contributed by atoms with Crippen molar-refractivity contribution in [2.24, 2.45) is 0 Å².